The number of alkyl halides is 2. The van der Waals surface area contributed by atoms with Gasteiger partial charge >= 0.3 is 6.61 Å². The molecular formula is C20H19F2N3O3. The summed E-state index contributed by atoms with van der Waals surface area (Å²) >= 11 is 0. The molecule has 8 heteroatoms. The molecule has 6 nitrogen and oxygen atoms in total. The van der Waals surface area contributed by atoms with Gasteiger partial charge in [-0.3, -0.25) is 14.3 Å². The number of hydrogen-bond acceptors (Lipinski definition) is 3. The maximum atomic E-state index is 12.8. The second-order valence-corrected chi connectivity index (χ2v) is 6.18. The van der Waals surface area contributed by atoms with Crippen molar-refractivity contribution in [2.75, 3.05) is 5.32 Å². The Morgan fingerprint density at radius 2 is 1.75 bits per heavy atom. The summed E-state index contributed by atoms with van der Waals surface area (Å²) in [6.07, 6.45) is -0.00588. The van der Waals surface area contributed by atoms with E-state index in [0.717, 1.165) is 0 Å². The van der Waals surface area contributed by atoms with Crippen molar-refractivity contribution in [3.8, 4) is 11.4 Å². The highest BCUT2D eigenvalue weighted by atomic mass is 19.3. The molecule has 146 valence electrons. The van der Waals surface area contributed by atoms with Crippen LogP contribution < -0.4 is 15.6 Å². The Morgan fingerprint density at radius 1 is 1.11 bits per heavy atom. The van der Waals surface area contributed by atoms with Crippen LogP contribution in [0.2, 0.25) is 0 Å². The third-order valence-electron chi connectivity index (χ3n) is 4.33. The van der Waals surface area contributed by atoms with Gasteiger partial charge in [-0.15, -0.1) is 0 Å². The topological polar surface area (TPSA) is 65.3 Å². The number of benzene rings is 2. The molecule has 0 saturated heterocycles. The Bertz CT molecular complexity index is 1030. The summed E-state index contributed by atoms with van der Waals surface area (Å²) in [5.41, 5.74) is 1.78. The molecule has 0 spiro atoms. The smallest absolute Gasteiger partial charge is 0.387 e. The first-order chi connectivity index (χ1) is 13.4. The zero-order valence-corrected chi connectivity index (χ0v) is 15.4. The van der Waals surface area contributed by atoms with E-state index in [1.807, 2.05) is 18.2 Å². The molecule has 0 saturated carbocycles. The van der Waals surface area contributed by atoms with Crippen molar-refractivity contribution >= 4 is 11.6 Å². The van der Waals surface area contributed by atoms with Gasteiger partial charge in [-0.25, -0.2) is 4.68 Å². The SMILES string of the molecule is Cc1c(NC(=O)Cc2ccc(OC(F)F)cc2)c(=O)n(-c2ccccc2)n1C. The molecular weight excluding hydrogens is 368 g/mol. The van der Waals surface area contributed by atoms with Crippen molar-refractivity contribution < 1.29 is 18.3 Å². The van der Waals surface area contributed by atoms with Crippen molar-refractivity contribution in [1.29, 1.82) is 0 Å². The predicted molar refractivity (Wildman–Crippen MR) is 101 cm³/mol. The summed E-state index contributed by atoms with van der Waals surface area (Å²) in [5, 5.41) is 2.66. The predicted octanol–water partition coefficient (Wildman–Crippen LogP) is 3.27. The van der Waals surface area contributed by atoms with Gasteiger partial charge in [-0.05, 0) is 36.8 Å². The highest BCUT2D eigenvalue weighted by Gasteiger charge is 2.18. The summed E-state index contributed by atoms with van der Waals surface area (Å²) in [7, 11) is 1.74. The molecule has 1 heterocycles. The van der Waals surface area contributed by atoms with Crippen molar-refractivity contribution in [2.24, 2.45) is 7.05 Å². The van der Waals surface area contributed by atoms with Crippen LogP contribution in [0.5, 0.6) is 5.75 Å². The molecule has 2 aromatic carbocycles. The maximum Gasteiger partial charge on any atom is 0.387 e. The number of nitrogens with zero attached hydrogens (tertiary/aromatic N) is 2. The fraction of sp³-hybridized carbons (Fsp3) is 0.200. The number of hydrogen-bond donors (Lipinski definition) is 1. The van der Waals surface area contributed by atoms with Crippen LogP contribution in [-0.4, -0.2) is 21.9 Å². The first-order valence-corrected chi connectivity index (χ1v) is 8.54. The fourth-order valence-corrected chi connectivity index (χ4v) is 2.87. The van der Waals surface area contributed by atoms with Crippen LogP contribution in [-0.2, 0) is 18.3 Å². The van der Waals surface area contributed by atoms with Crippen LogP contribution in [0.3, 0.4) is 0 Å². The van der Waals surface area contributed by atoms with Gasteiger partial charge in [-0.1, -0.05) is 30.3 Å². The van der Waals surface area contributed by atoms with E-state index in [0.29, 0.717) is 16.9 Å². The number of halogens is 2. The van der Waals surface area contributed by atoms with E-state index in [1.54, 1.807) is 30.8 Å². The van der Waals surface area contributed by atoms with Crippen LogP contribution >= 0.6 is 0 Å². The van der Waals surface area contributed by atoms with E-state index in [-0.39, 0.29) is 29.3 Å². The van der Waals surface area contributed by atoms with Gasteiger partial charge in [0.25, 0.3) is 5.56 Å². The molecule has 0 unspecified atom stereocenters. The average molecular weight is 387 g/mol. The third-order valence-corrected chi connectivity index (χ3v) is 4.33. The Hall–Kier alpha value is -3.42. The molecule has 3 aromatic rings. The minimum absolute atomic E-state index is 0.00588. The van der Waals surface area contributed by atoms with E-state index in [2.05, 4.69) is 10.1 Å². The molecule has 0 fully saturated rings. The largest absolute Gasteiger partial charge is 0.435 e. The van der Waals surface area contributed by atoms with Gasteiger partial charge in [0, 0.05) is 7.05 Å². The standard InChI is InChI=1S/C20H19F2N3O3/c1-13-18(19(27)25(24(13)2)15-6-4-3-5-7-15)23-17(26)12-14-8-10-16(11-9-14)28-20(21)22/h3-11,20H,12H2,1-2H3,(H,23,26). The molecule has 1 N–H and O–H groups in total. The monoisotopic (exact) mass is 387 g/mol. The summed E-state index contributed by atoms with van der Waals surface area (Å²) < 4.78 is 31.8. The molecule has 0 aliphatic rings. The van der Waals surface area contributed by atoms with Crippen molar-refractivity contribution in [1.82, 2.24) is 9.36 Å². The van der Waals surface area contributed by atoms with Crippen molar-refractivity contribution in [3.05, 3.63) is 76.2 Å². The Balaban J connectivity index is 1.77. The normalized spacial score (nSPS) is 10.9. The van der Waals surface area contributed by atoms with Crippen molar-refractivity contribution in [3.63, 3.8) is 0 Å². The average Bonchev–Trinajstić information content (AvgIpc) is 2.87. The number of aromatic nitrogens is 2. The molecule has 0 bridgehead atoms. The zero-order valence-electron chi connectivity index (χ0n) is 15.4. The van der Waals surface area contributed by atoms with Gasteiger partial charge in [-0.2, -0.15) is 8.78 Å². The van der Waals surface area contributed by atoms with Crippen LogP contribution in [0.1, 0.15) is 11.3 Å². The molecule has 1 aromatic heterocycles. The second kappa shape index (κ2) is 8.08. The number of nitrogens with one attached hydrogen (secondary N) is 1. The first-order valence-electron chi connectivity index (χ1n) is 8.54. The number of carbonyl (C=O) groups excluding carboxylic acids is 1. The summed E-state index contributed by atoms with van der Waals surface area (Å²) in [6.45, 7) is -1.16. The number of anilines is 1. The fourth-order valence-electron chi connectivity index (χ4n) is 2.87. The van der Waals surface area contributed by atoms with Crippen LogP contribution in [0, 0.1) is 6.92 Å². The van der Waals surface area contributed by atoms with Crippen molar-refractivity contribution in [2.45, 2.75) is 20.0 Å². The van der Waals surface area contributed by atoms with E-state index in [4.69, 9.17) is 0 Å². The van der Waals surface area contributed by atoms with Gasteiger partial charge in [0.1, 0.15) is 11.4 Å². The van der Waals surface area contributed by atoms with E-state index in [9.17, 15) is 18.4 Å². The number of para-hydroxylation sites is 1. The van der Waals surface area contributed by atoms with Gasteiger partial charge < -0.3 is 10.1 Å². The molecule has 0 aliphatic carbocycles. The molecule has 0 radical (unpaired) electrons. The van der Waals surface area contributed by atoms with Gasteiger partial charge in [0.2, 0.25) is 5.91 Å². The minimum atomic E-state index is -2.90. The zero-order chi connectivity index (χ0) is 20.3. The van der Waals surface area contributed by atoms with E-state index >= 15 is 0 Å². The lowest BCUT2D eigenvalue weighted by molar-refractivity contribution is -0.115. The molecule has 0 aliphatic heterocycles. The van der Waals surface area contributed by atoms with Crippen LogP contribution in [0.25, 0.3) is 5.69 Å². The number of rotatable bonds is 6. The Labute approximate surface area is 160 Å². The third kappa shape index (κ3) is 4.11. The molecule has 0 atom stereocenters. The van der Waals surface area contributed by atoms with E-state index < -0.39 is 6.61 Å². The summed E-state index contributed by atoms with van der Waals surface area (Å²) in [5.74, 6) is -0.364. The van der Waals surface area contributed by atoms with Crippen LogP contribution in [0.4, 0.5) is 14.5 Å². The second-order valence-electron chi connectivity index (χ2n) is 6.18. The molecule has 1 amide bonds. The first kappa shape index (κ1) is 19.3. The Morgan fingerprint density at radius 3 is 2.36 bits per heavy atom. The lowest BCUT2D eigenvalue weighted by Crippen LogP contribution is -2.23. The molecule has 3 rings (SSSR count). The number of ether oxygens (including phenoxy) is 1. The van der Waals surface area contributed by atoms with Gasteiger partial charge in [0.15, 0.2) is 0 Å². The number of carbonyl (C=O) groups is 1. The Kier molecular flexibility index (Phi) is 5.58. The summed E-state index contributed by atoms with van der Waals surface area (Å²) in [4.78, 5) is 25.2. The highest BCUT2D eigenvalue weighted by molar-refractivity contribution is 5.92. The van der Waals surface area contributed by atoms with Crippen LogP contribution in [0.15, 0.2) is 59.4 Å². The highest BCUT2D eigenvalue weighted by Crippen LogP contribution is 2.17. The summed E-state index contributed by atoms with van der Waals surface area (Å²) in [6, 6.07) is 14.9. The maximum absolute atomic E-state index is 12.8. The minimum Gasteiger partial charge on any atom is -0.435 e. The van der Waals surface area contributed by atoms with Gasteiger partial charge in [0.05, 0.1) is 17.8 Å². The number of amides is 1. The van der Waals surface area contributed by atoms with E-state index in [1.165, 1.54) is 28.9 Å². The lowest BCUT2D eigenvalue weighted by atomic mass is 10.1. The molecule has 28 heavy (non-hydrogen) atoms. The quantitative estimate of drug-likeness (QED) is 0.706. The lowest BCUT2D eigenvalue weighted by Gasteiger charge is -2.07.